The van der Waals surface area contributed by atoms with Crippen molar-refractivity contribution in [3.8, 4) is 11.5 Å². The maximum Gasteiger partial charge on any atom is 0.297 e. The van der Waals surface area contributed by atoms with Crippen LogP contribution in [0.5, 0.6) is 11.5 Å². The minimum atomic E-state index is -0.900. The van der Waals surface area contributed by atoms with E-state index in [4.69, 9.17) is 9.15 Å². The number of para-hydroxylation sites is 1. The van der Waals surface area contributed by atoms with Gasteiger partial charge in [-0.05, 0) is 54.1 Å². The summed E-state index contributed by atoms with van der Waals surface area (Å²) in [6, 6.07) is 20.6. The van der Waals surface area contributed by atoms with E-state index in [0.717, 1.165) is 6.07 Å². The maximum atomic E-state index is 14.0. The second-order valence-corrected chi connectivity index (χ2v) is 7.93. The first-order chi connectivity index (χ1) is 17.1. The number of hydrogen-bond acceptors (Lipinski definition) is 6. The monoisotopic (exact) mass is 465 g/mol. The topological polar surface area (TPSA) is 85.5 Å². The molecule has 5 aromatic rings. The van der Waals surface area contributed by atoms with Crippen molar-refractivity contribution >= 4 is 22.8 Å². The zero-order valence-corrected chi connectivity index (χ0v) is 18.1. The van der Waals surface area contributed by atoms with Crippen molar-refractivity contribution in [3.05, 3.63) is 124 Å². The molecule has 1 atom stereocenters. The van der Waals surface area contributed by atoms with Crippen LogP contribution in [0.2, 0.25) is 0 Å². The SMILES string of the molecule is O=C1c2oc3ccc(F)cc3c(=O)c2C(c2cccc(Oc3ccccc3)c2)N1c1ncccn1. The molecule has 0 radical (unpaired) electrons. The van der Waals surface area contributed by atoms with Gasteiger partial charge in [0.05, 0.1) is 17.0 Å². The number of ether oxygens (including phenoxy) is 1. The Labute approximate surface area is 198 Å². The molecule has 1 aliphatic heterocycles. The number of amides is 1. The van der Waals surface area contributed by atoms with Crippen molar-refractivity contribution in [2.45, 2.75) is 6.04 Å². The van der Waals surface area contributed by atoms with Crippen LogP contribution in [0.1, 0.15) is 27.7 Å². The Morgan fingerprint density at radius 3 is 2.43 bits per heavy atom. The number of carbonyl (C=O) groups is 1. The molecule has 6 rings (SSSR count). The third-order valence-corrected chi connectivity index (χ3v) is 5.75. The lowest BCUT2D eigenvalue weighted by Crippen LogP contribution is -2.31. The summed E-state index contributed by atoms with van der Waals surface area (Å²) < 4.78 is 25.8. The van der Waals surface area contributed by atoms with Crippen LogP contribution in [0.3, 0.4) is 0 Å². The van der Waals surface area contributed by atoms with Crippen LogP contribution in [0, 0.1) is 5.82 Å². The smallest absolute Gasteiger partial charge is 0.297 e. The summed E-state index contributed by atoms with van der Waals surface area (Å²) in [6.45, 7) is 0. The van der Waals surface area contributed by atoms with Crippen molar-refractivity contribution in [3.63, 3.8) is 0 Å². The van der Waals surface area contributed by atoms with Crippen LogP contribution in [0.15, 0.2) is 100 Å². The second kappa shape index (κ2) is 8.18. The third kappa shape index (κ3) is 3.52. The van der Waals surface area contributed by atoms with Gasteiger partial charge >= 0.3 is 0 Å². The fourth-order valence-electron chi connectivity index (χ4n) is 4.26. The molecule has 0 bridgehead atoms. The fourth-order valence-corrected chi connectivity index (χ4v) is 4.26. The van der Waals surface area contributed by atoms with Crippen LogP contribution in [-0.4, -0.2) is 15.9 Å². The Bertz CT molecular complexity index is 1640. The van der Waals surface area contributed by atoms with Crippen molar-refractivity contribution in [2.75, 3.05) is 4.90 Å². The molecule has 3 aromatic carbocycles. The van der Waals surface area contributed by atoms with E-state index >= 15 is 0 Å². The summed E-state index contributed by atoms with van der Waals surface area (Å²) in [5, 5.41) is 0.0501. The minimum Gasteiger partial charge on any atom is -0.457 e. The molecular formula is C27H16FN3O4. The van der Waals surface area contributed by atoms with E-state index in [1.165, 1.54) is 29.4 Å². The van der Waals surface area contributed by atoms with Crippen molar-refractivity contribution < 1.29 is 18.3 Å². The molecule has 3 heterocycles. The molecule has 2 aromatic heterocycles. The number of aromatic nitrogens is 2. The number of hydrogen-bond donors (Lipinski definition) is 0. The number of fused-ring (bicyclic) bond motifs is 2. The highest BCUT2D eigenvalue weighted by molar-refractivity contribution is 6.09. The van der Waals surface area contributed by atoms with Crippen LogP contribution < -0.4 is 15.1 Å². The van der Waals surface area contributed by atoms with Crippen LogP contribution in [-0.2, 0) is 0 Å². The average Bonchev–Trinajstić information content (AvgIpc) is 3.18. The molecule has 0 aliphatic carbocycles. The van der Waals surface area contributed by atoms with Gasteiger partial charge in [-0.15, -0.1) is 0 Å². The van der Waals surface area contributed by atoms with Gasteiger partial charge in [-0.1, -0.05) is 30.3 Å². The van der Waals surface area contributed by atoms with E-state index in [0.29, 0.717) is 17.1 Å². The van der Waals surface area contributed by atoms with E-state index < -0.39 is 23.2 Å². The second-order valence-electron chi connectivity index (χ2n) is 7.93. The van der Waals surface area contributed by atoms with E-state index in [2.05, 4.69) is 9.97 Å². The van der Waals surface area contributed by atoms with Gasteiger partial charge in [0, 0.05) is 12.4 Å². The van der Waals surface area contributed by atoms with Crippen molar-refractivity contribution in [1.82, 2.24) is 9.97 Å². The van der Waals surface area contributed by atoms with Crippen molar-refractivity contribution in [2.24, 2.45) is 0 Å². The van der Waals surface area contributed by atoms with Crippen molar-refractivity contribution in [1.29, 1.82) is 0 Å². The molecule has 0 saturated carbocycles. The summed E-state index contributed by atoms with van der Waals surface area (Å²) >= 11 is 0. The van der Waals surface area contributed by atoms with Gasteiger partial charge in [0.15, 0.2) is 5.43 Å². The van der Waals surface area contributed by atoms with Crippen LogP contribution in [0.25, 0.3) is 11.0 Å². The Balaban J connectivity index is 1.56. The van der Waals surface area contributed by atoms with E-state index in [1.807, 2.05) is 30.3 Å². The predicted molar refractivity (Wildman–Crippen MR) is 126 cm³/mol. The number of carbonyl (C=O) groups excluding carboxylic acids is 1. The molecule has 0 saturated heterocycles. The number of nitrogens with zero attached hydrogens (tertiary/aromatic N) is 3. The predicted octanol–water partition coefficient (Wildman–Crippen LogP) is 5.26. The lowest BCUT2D eigenvalue weighted by molar-refractivity contribution is 0.0969. The first kappa shape index (κ1) is 20.7. The highest BCUT2D eigenvalue weighted by Gasteiger charge is 2.45. The first-order valence-corrected chi connectivity index (χ1v) is 10.8. The lowest BCUT2D eigenvalue weighted by Gasteiger charge is -2.23. The van der Waals surface area contributed by atoms with Gasteiger partial charge in [-0.25, -0.2) is 14.4 Å². The van der Waals surface area contributed by atoms with E-state index in [1.54, 1.807) is 30.3 Å². The number of anilines is 1. The molecule has 1 amide bonds. The summed E-state index contributed by atoms with van der Waals surface area (Å²) in [5.74, 6) is -0.00331. The normalized spacial score (nSPS) is 14.8. The zero-order valence-electron chi connectivity index (χ0n) is 18.1. The number of benzene rings is 3. The Morgan fingerprint density at radius 2 is 1.63 bits per heavy atom. The molecule has 170 valence electrons. The Hall–Kier alpha value is -4.85. The molecule has 1 unspecified atom stereocenters. The molecular weight excluding hydrogens is 449 g/mol. The van der Waals surface area contributed by atoms with Crippen LogP contribution >= 0.6 is 0 Å². The summed E-state index contributed by atoms with van der Waals surface area (Å²) in [6.07, 6.45) is 3.01. The summed E-state index contributed by atoms with van der Waals surface area (Å²) in [5.41, 5.74) is 0.310. The molecule has 1 aliphatic rings. The highest BCUT2D eigenvalue weighted by atomic mass is 19.1. The summed E-state index contributed by atoms with van der Waals surface area (Å²) in [4.78, 5) is 36.9. The highest BCUT2D eigenvalue weighted by Crippen LogP contribution is 2.41. The average molecular weight is 465 g/mol. The molecule has 35 heavy (non-hydrogen) atoms. The third-order valence-electron chi connectivity index (χ3n) is 5.75. The molecule has 8 heteroatoms. The van der Waals surface area contributed by atoms with Gasteiger partial charge in [0.2, 0.25) is 11.7 Å². The number of rotatable bonds is 4. The van der Waals surface area contributed by atoms with E-state index in [9.17, 15) is 14.0 Å². The first-order valence-electron chi connectivity index (χ1n) is 10.8. The Kier molecular flexibility index (Phi) is 4.84. The summed E-state index contributed by atoms with van der Waals surface area (Å²) in [7, 11) is 0. The van der Waals surface area contributed by atoms with Crippen LogP contribution in [0.4, 0.5) is 10.3 Å². The maximum absolute atomic E-state index is 14.0. The standard InChI is InChI=1S/C27H16FN3O4/c28-17-10-11-21-20(15-17)24(32)22-23(31(26(33)25(22)35-21)27-29-12-5-13-30-27)16-6-4-9-19(14-16)34-18-7-2-1-3-8-18/h1-15,23H. The minimum absolute atomic E-state index is 0.0501. The largest absolute Gasteiger partial charge is 0.457 e. The zero-order chi connectivity index (χ0) is 23.9. The lowest BCUT2D eigenvalue weighted by atomic mass is 9.98. The number of halogens is 1. The van der Waals surface area contributed by atoms with Gasteiger partial charge in [0.25, 0.3) is 5.91 Å². The quantitative estimate of drug-likeness (QED) is 0.360. The van der Waals surface area contributed by atoms with E-state index in [-0.39, 0.29) is 28.2 Å². The van der Waals surface area contributed by atoms with Gasteiger partial charge in [-0.2, -0.15) is 0 Å². The molecule has 0 spiro atoms. The molecule has 0 fully saturated rings. The van der Waals surface area contributed by atoms with Gasteiger partial charge < -0.3 is 9.15 Å². The van der Waals surface area contributed by atoms with Gasteiger partial charge in [0.1, 0.15) is 22.9 Å². The molecule has 0 N–H and O–H groups in total. The fraction of sp³-hybridized carbons (Fsp3) is 0.0370. The Morgan fingerprint density at radius 1 is 0.857 bits per heavy atom. The molecule has 7 nitrogen and oxygen atoms in total. The van der Waals surface area contributed by atoms with Gasteiger partial charge in [-0.3, -0.25) is 14.5 Å².